The molecule has 1 aliphatic carbocycles. The van der Waals surface area contributed by atoms with Crippen molar-refractivity contribution >= 4 is 17.2 Å². The second kappa shape index (κ2) is 15.5. The molecule has 0 spiro atoms. The molecule has 5 nitrogen and oxygen atoms in total. The number of rotatable bonds is 16. The Bertz CT molecular complexity index is 1100. The summed E-state index contributed by atoms with van der Waals surface area (Å²) in [6.45, 7) is 11.3. The van der Waals surface area contributed by atoms with E-state index in [0.29, 0.717) is 24.5 Å². The smallest absolute Gasteiger partial charge is 0.129 e. The van der Waals surface area contributed by atoms with Gasteiger partial charge in [-0.2, -0.15) is 0 Å². The molecule has 2 aromatic rings. The van der Waals surface area contributed by atoms with Crippen molar-refractivity contribution in [2.75, 3.05) is 36.0 Å². The molecule has 0 aliphatic heterocycles. The molecule has 0 amide bonds. The molecule has 2 aromatic carbocycles. The van der Waals surface area contributed by atoms with E-state index in [1.807, 2.05) is 13.8 Å². The minimum Gasteiger partial charge on any atom is -0.851 e. The van der Waals surface area contributed by atoms with Crippen molar-refractivity contribution in [3.63, 3.8) is 0 Å². The largest absolute Gasteiger partial charge is 0.851 e. The Morgan fingerprint density at radius 2 is 1.18 bits per heavy atom. The minimum absolute atomic E-state index is 0.0529. The molecule has 0 bridgehead atoms. The molecule has 1 aliphatic rings. The number of carbonyl (C=O) groups is 1. The van der Waals surface area contributed by atoms with Crippen LogP contribution < -0.4 is 20.0 Å². The van der Waals surface area contributed by atoms with Crippen molar-refractivity contribution in [3.8, 4) is 0 Å². The highest BCUT2D eigenvalue weighted by Gasteiger charge is 2.42. The fourth-order valence-electron chi connectivity index (χ4n) is 5.91. The second-order valence-electron chi connectivity index (χ2n) is 11.0. The van der Waals surface area contributed by atoms with Crippen LogP contribution in [0.4, 0.5) is 20.2 Å². The third kappa shape index (κ3) is 7.41. The Hall–Kier alpha value is -2.51. The Morgan fingerprint density at radius 3 is 1.60 bits per heavy atom. The van der Waals surface area contributed by atoms with Crippen molar-refractivity contribution in [2.45, 2.75) is 103 Å². The van der Waals surface area contributed by atoms with Gasteiger partial charge in [0.2, 0.25) is 0 Å². The van der Waals surface area contributed by atoms with Crippen molar-refractivity contribution in [1.82, 2.24) is 0 Å². The lowest BCUT2D eigenvalue weighted by Crippen LogP contribution is -2.39. The number of hydrogen-bond acceptors (Lipinski definition) is 5. The summed E-state index contributed by atoms with van der Waals surface area (Å²) in [5.41, 5.74) is 1.24. The molecule has 0 N–H and O–H groups in total. The van der Waals surface area contributed by atoms with Crippen LogP contribution in [0.5, 0.6) is 0 Å². The number of anilines is 2. The number of carbonyl (C=O) groups excluding carboxylic acids is 1. The van der Waals surface area contributed by atoms with Gasteiger partial charge in [0.25, 0.3) is 0 Å². The Labute approximate surface area is 239 Å². The first kappa shape index (κ1) is 32.0. The molecule has 0 saturated heterocycles. The number of unbranched alkanes of at least 4 members (excludes halogenated alkanes) is 6. The molecular formula is C33H46F2N2O3-2. The number of ketones is 1. The predicted octanol–water partition coefficient (Wildman–Crippen LogP) is 5.69. The van der Waals surface area contributed by atoms with E-state index in [2.05, 4.69) is 23.6 Å². The molecule has 7 heteroatoms. The van der Waals surface area contributed by atoms with Gasteiger partial charge in [0, 0.05) is 43.5 Å². The summed E-state index contributed by atoms with van der Waals surface area (Å²) >= 11 is 0. The van der Waals surface area contributed by atoms with Gasteiger partial charge in [-0.25, -0.2) is 8.78 Å². The Balaban J connectivity index is 1.79. The summed E-state index contributed by atoms with van der Waals surface area (Å²) in [5, 5.41) is 26.6. The van der Waals surface area contributed by atoms with E-state index in [1.54, 1.807) is 12.1 Å². The highest BCUT2D eigenvalue weighted by atomic mass is 19.1. The molecule has 4 atom stereocenters. The monoisotopic (exact) mass is 556 g/mol. The zero-order valence-electron chi connectivity index (χ0n) is 24.6. The fraction of sp³-hybridized carbons (Fsp3) is 0.606. The lowest BCUT2D eigenvalue weighted by Gasteiger charge is -2.34. The van der Waals surface area contributed by atoms with Crippen LogP contribution >= 0.6 is 0 Å². The first-order chi connectivity index (χ1) is 19.3. The number of hydrogen-bond donors (Lipinski definition) is 0. The van der Waals surface area contributed by atoms with E-state index in [0.717, 1.165) is 64.5 Å². The normalized spacial score (nSPS) is 20.8. The summed E-state index contributed by atoms with van der Waals surface area (Å²) in [5.74, 6) is -5.03. The van der Waals surface area contributed by atoms with Crippen LogP contribution in [0.2, 0.25) is 0 Å². The maximum Gasteiger partial charge on any atom is 0.129 e. The second-order valence-corrected chi connectivity index (χ2v) is 11.0. The van der Waals surface area contributed by atoms with E-state index in [1.165, 1.54) is 24.3 Å². The number of benzene rings is 2. The van der Waals surface area contributed by atoms with Gasteiger partial charge in [-0.05, 0) is 68.0 Å². The number of Topliss-reactive ketones (excluding diaryl/α,β-unsaturated/α-hetero) is 1. The van der Waals surface area contributed by atoms with Gasteiger partial charge >= 0.3 is 0 Å². The van der Waals surface area contributed by atoms with Gasteiger partial charge in [0.1, 0.15) is 17.4 Å². The molecule has 3 rings (SSSR count). The maximum absolute atomic E-state index is 15.4. The average Bonchev–Trinajstić information content (AvgIpc) is 3.16. The van der Waals surface area contributed by atoms with Crippen LogP contribution in [0.1, 0.15) is 102 Å². The van der Waals surface area contributed by atoms with Crippen LogP contribution in [0, 0.1) is 11.6 Å². The van der Waals surface area contributed by atoms with E-state index < -0.39 is 41.5 Å². The molecule has 0 radical (unpaired) electrons. The van der Waals surface area contributed by atoms with Crippen LogP contribution in [-0.2, 0) is 4.79 Å². The van der Waals surface area contributed by atoms with Crippen LogP contribution in [0.15, 0.2) is 36.4 Å². The highest BCUT2D eigenvalue weighted by Crippen LogP contribution is 2.42. The molecule has 40 heavy (non-hydrogen) atoms. The standard InChI is InChI=1S/C33H46F2N2O3/c1-5-9-11-13-19-36(7-3)23-15-17-25(27(34)21-23)29-31(38)30(33(40)32(29)39)26-18-16-24(22-28(26)35)37(8-4)20-14-12-10-6-2/h15-18,21-22,29-32H,5-14,19-20H2,1-4H3/q-2. The lowest BCUT2D eigenvalue weighted by atomic mass is 9.88. The topological polar surface area (TPSA) is 69.7 Å². The summed E-state index contributed by atoms with van der Waals surface area (Å²) in [6.07, 6.45) is 5.05. The zero-order chi connectivity index (χ0) is 29.2. The van der Waals surface area contributed by atoms with Crippen LogP contribution in [0.3, 0.4) is 0 Å². The number of nitrogens with zero attached hydrogens (tertiary/aromatic N) is 2. The highest BCUT2D eigenvalue weighted by molar-refractivity contribution is 5.94. The van der Waals surface area contributed by atoms with E-state index in [-0.39, 0.29) is 11.1 Å². The predicted molar refractivity (Wildman–Crippen MR) is 155 cm³/mol. The Kier molecular flexibility index (Phi) is 12.4. The summed E-state index contributed by atoms with van der Waals surface area (Å²) < 4.78 is 30.7. The minimum atomic E-state index is -1.94. The maximum atomic E-state index is 15.4. The van der Waals surface area contributed by atoms with E-state index in [9.17, 15) is 15.0 Å². The number of halogens is 2. The van der Waals surface area contributed by atoms with Gasteiger partial charge in [-0.15, -0.1) is 6.10 Å². The van der Waals surface area contributed by atoms with Gasteiger partial charge < -0.3 is 24.8 Å². The van der Waals surface area contributed by atoms with Crippen LogP contribution in [0.25, 0.3) is 0 Å². The molecule has 4 unspecified atom stereocenters. The average molecular weight is 557 g/mol. The van der Waals surface area contributed by atoms with Gasteiger partial charge in [0.15, 0.2) is 0 Å². The van der Waals surface area contributed by atoms with E-state index in [4.69, 9.17) is 0 Å². The molecule has 1 fully saturated rings. The van der Waals surface area contributed by atoms with Crippen molar-refractivity contribution in [3.05, 3.63) is 59.2 Å². The quantitative estimate of drug-likeness (QED) is 0.249. The van der Waals surface area contributed by atoms with Crippen molar-refractivity contribution in [2.24, 2.45) is 0 Å². The third-order valence-corrected chi connectivity index (χ3v) is 8.31. The summed E-state index contributed by atoms with van der Waals surface area (Å²) in [7, 11) is 0. The zero-order valence-corrected chi connectivity index (χ0v) is 24.6. The first-order valence-electron chi connectivity index (χ1n) is 15.2. The molecule has 0 heterocycles. The summed E-state index contributed by atoms with van der Waals surface area (Å²) in [4.78, 5) is 17.1. The van der Waals surface area contributed by atoms with Gasteiger partial charge in [-0.3, -0.25) is 0 Å². The summed E-state index contributed by atoms with van der Waals surface area (Å²) in [6, 6.07) is 9.05. The fourth-order valence-corrected chi connectivity index (χ4v) is 5.91. The van der Waals surface area contributed by atoms with Crippen molar-refractivity contribution in [1.29, 1.82) is 0 Å². The molecular weight excluding hydrogens is 510 g/mol. The molecule has 0 aromatic heterocycles. The third-order valence-electron chi connectivity index (χ3n) is 8.31. The van der Waals surface area contributed by atoms with Gasteiger partial charge in [-0.1, -0.05) is 70.6 Å². The van der Waals surface area contributed by atoms with Gasteiger partial charge in [0.05, 0.1) is 0 Å². The van der Waals surface area contributed by atoms with Crippen LogP contribution in [-0.4, -0.2) is 44.2 Å². The van der Waals surface area contributed by atoms with Crippen molar-refractivity contribution < 1.29 is 23.8 Å². The SMILES string of the molecule is CCCCCCN(CC)c1ccc(C2C(=O)C([O-])C(c3ccc(N(CC)CCCCCC)cc3F)C2[O-])c(F)c1. The molecule has 222 valence electrons. The lowest BCUT2D eigenvalue weighted by molar-refractivity contribution is -0.451. The van der Waals surface area contributed by atoms with E-state index >= 15 is 8.78 Å². The first-order valence-corrected chi connectivity index (χ1v) is 15.2. The Morgan fingerprint density at radius 1 is 0.700 bits per heavy atom. The molecule has 1 saturated carbocycles.